The number of ether oxygens (including phenoxy) is 1. The zero-order chi connectivity index (χ0) is 13.7. The van der Waals surface area contributed by atoms with E-state index in [0.717, 1.165) is 11.5 Å². The number of hydrogen-bond donors (Lipinski definition) is 3. The number of nitrogens with two attached hydrogens (primary N) is 1. The van der Waals surface area contributed by atoms with Crippen molar-refractivity contribution in [3.05, 3.63) is 35.4 Å². The quantitative estimate of drug-likeness (QED) is 0.718. The first-order valence-electron chi connectivity index (χ1n) is 6.56. The van der Waals surface area contributed by atoms with Crippen LogP contribution < -0.4 is 11.1 Å². The second-order valence-corrected chi connectivity index (χ2v) is 4.85. The van der Waals surface area contributed by atoms with Gasteiger partial charge in [-0.1, -0.05) is 24.3 Å². The monoisotopic (exact) mass is 264 g/mol. The smallest absolute Gasteiger partial charge is 0.407 e. The summed E-state index contributed by atoms with van der Waals surface area (Å²) < 4.78 is 5.06. The Kier molecular flexibility index (Phi) is 4.76. The van der Waals surface area contributed by atoms with Crippen molar-refractivity contribution >= 4 is 6.09 Å². The molecule has 1 unspecified atom stereocenters. The number of carbonyl (C=O) groups excluding carboxylic acids is 1. The number of benzene rings is 1. The van der Waals surface area contributed by atoms with Crippen LogP contribution in [0.2, 0.25) is 0 Å². The summed E-state index contributed by atoms with van der Waals surface area (Å²) in [6.07, 6.45) is 2.00. The van der Waals surface area contributed by atoms with E-state index in [-0.39, 0.29) is 19.8 Å². The first-order chi connectivity index (χ1) is 9.22. The number of carbonyl (C=O) groups is 1. The van der Waals surface area contributed by atoms with Gasteiger partial charge in [-0.05, 0) is 29.9 Å². The normalized spacial score (nSPS) is 15.9. The summed E-state index contributed by atoms with van der Waals surface area (Å²) in [5.74, 6) is 0.730. The first-order valence-corrected chi connectivity index (χ1v) is 6.56. The van der Waals surface area contributed by atoms with Gasteiger partial charge in [0.25, 0.3) is 0 Å². The molecule has 1 saturated carbocycles. The van der Waals surface area contributed by atoms with Crippen molar-refractivity contribution in [3.63, 3.8) is 0 Å². The maximum Gasteiger partial charge on any atom is 0.407 e. The van der Waals surface area contributed by atoms with E-state index in [9.17, 15) is 4.79 Å². The van der Waals surface area contributed by atoms with Gasteiger partial charge in [-0.2, -0.15) is 0 Å². The number of amides is 1. The highest BCUT2D eigenvalue weighted by Crippen LogP contribution is 2.39. The lowest BCUT2D eigenvalue weighted by Crippen LogP contribution is -2.42. The van der Waals surface area contributed by atoms with Crippen molar-refractivity contribution in [2.75, 3.05) is 13.2 Å². The first kappa shape index (κ1) is 13.8. The third-order valence-electron chi connectivity index (χ3n) is 3.23. The van der Waals surface area contributed by atoms with E-state index in [0.29, 0.717) is 0 Å². The lowest BCUT2D eigenvalue weighted by Gasteiger charge is -2.13. The summed E-state index contributed by atoms with van der Waals surface area (Å²) in [5, 5.41) is 11.4. The molecule has 0 aliphatic heterocycles. The molecule has 0 spiro atoms. The van der Waals surface area contributed by atoms with Crippen molar-refractivity contribution in [1.29, 1.82) is 0 Å². The predicted molar refractivity (Wildman–Crippen MR) is 71.7 cm³/mol. The standard InChI is InChI=1S/C14H20N2O3/c15-7-13(8-17)16-14(18)19-9-10-1-3-11(4-2-10)12-5-6-12/h1-4,12-13,17H,5-9,15H2,(H,16,18). The predicted octanol–water partition coefficient (Wildman–Crippen LogP) is 1.11. The third kappa shape index (κ3) is 4.22. The Balaban J connectivity index is 1.76. The fraction of sp³-hybridized carbons (Fsp3) is 0.500. The van der Waals surface area contributed by atoms with Gasteiger partial charge in [-0.3, -0.25) is 0 Å². The minimum Gasteiger partial charge on any atom is -0.445 e. The Labute approximate surface area is 112 Å². The van der Waals surface area contributed by atoms with Crippen LogP contribution in [0.15, 0.2) is 24.3 Å². The summed E-state index contributed by atoms with van der Waals surface area (Å²) in [7, 11) is 0. The Morgan fingerprint density at radius 2 is 2.11 bits per heavy atom. The van der Waals surface area contributed by atoms with Crippen LogP contribution in [0.5, 0.6) is 0 Å². The van der Waals surface area contributed by atoms with E-state index in [1.807, 2.05) is 12.1 Å². The maximum absolute atomic E-state index is 11.4. The highest BCUT2D eigenvalue weighted by Gasteiger charge is 2.22. The average Bonchev–Trinajstić information content (AvgIpc) is 3.27. The Bertz CT molecular complexity index is 411. The number of alkyl carbamates (subject to hydrolysis) is 1. The van der Waals surface area contributed by atoms with E-state index in [1.165, 1.54) is 18.4 Å². The molecule has 0 heterocycles. The van der Waals surface area contributed by atoms with E-state index >= 15 is 0 Å². The molecule has 1 atom stereocenters. The maximum atomic E-state index is 11.4. The van der Waals surface area contributed by atoms with Crippen molar-refractivity contribution in [1.82, 2.24) is 5.32 Å². The number of hydrogen-bond acceptors (Lipinski definition) is 4. The van der Waals surface area contributed by atoms with Crippen LogP contribution in [0.25, 0.3) is 0 Å². The highest BCUT2D eigenvalue weighted by atomic mass is 16.5. The van der Waals surface area contributed by atoms with E-state index in [4.69, 9.17) is 15.6 Å². The van der Waals surface area contributed by atoms with Crippen LogP contribution in [0.1, 0.15) is 29.9 Å². The number of aliphatic hydroxyl groups is 1. The molecular weight excluding hydrogens is 244 g/mol. The van der Waals surface area contributed by atoms with Crippen molar-refractivity contribution in [2.24, 2.45) is 5.73 Å². The lowest BCUT2D eigenvalue weighted by atomic mass is 10.1. The second kappa shape index (κ2) is 6.54. The van der Waals surface area contributed by atoms with Crippen LogP contribution in [-0.2, 0) is 11.3 Å². The molecule has 1 amide bonds. The SMILES string of the molecule is NCC(CO)NC(=O)OCc1ccc(C2CC2)cc1. The minimum absolute atomic E-state index is 0.182. The van der Waals surface area contributed by atoms with Gasteiger partial charge < -0.3 is 20.9 Å². The summed E-state index contributed by atoms with van der Waals surface area (Å²) >= 11 is 0. The molecule has 104 valence electrons. The van der Waals surface area contributed by atoms with Gasteiger partial charge in [0.2, 0.25) is 0 Å². The molecule has 2 rings (SSSR count). The molecule has 1 aromatic carbocycles. The topological polar surface area (TPSA) is 84.6 Å². The van der Waals surface area contributed by atoms with Crippen molar-refractivity contribution in [2.45, 2.75) is 31.4 Å². The van der Waals surface area contributed by atoms with Gasteiger partial charge >= 0.3 is 6.09 Å². The van der Waals surface area contributed by atoms with Crippen LogP contribution >= 0.6 is 0 Å². The van der Waals surface area contributed by atoms with Crippen LogP contribution in [0.3, 0.4) is 0 Å². The van der Waals surface area contributed by atoms with Gasteiger partial charge in [0.05, 0.1) is 12.6 Å². The fourth-order valence-corrected chi connectivity index (χ4v) is 1.84. The van der Waals surface area contributed by atoms with E-state index in [1.54, 1.807) is 0 Å². The zero-order valence-electron chi connectivity index (χ0n) is 10.8. The van der Waals surface area contributed by atoms with Crippen LogP contribution in [0.4, 0.5) is 4.79 Å². The summed E-state index contributed by atoms with van der Waals surface area (Å²) in [6.45, 7) is 0.211. The van der Waals surface area contributed by atoms with Gasteiger partial charge in [-0.25, -0.2) is 4.79 Å². The summed E-state index contributed by atoms with van der Waals surface area (Å²) in [4.78, 5) is 11.4. The van der Waals surface area contributed by atoms with E-state index in [2.05, 4.69) is 17.4 Å². The number of aliphatic hydroxyl groups excluding tert-OH is 1. The van der Waals surface area contributed by atoms with Gasteiger partial charge in [0.1, 0.15) is 6.61 Å². The second-order valence-electron chi connectivity index (χ2n) is 4.85. The van der Waals surface area contributed by atoms with Crippen molar-refractivity contribution < 1.29 is 14.6 Å². The molecule has 0 saturated heterocycles. The molecule has 1 fully saturated rings. The Morgan fingerprint density at radius 3 is 2.63 bits per heavy atom. The Morgan fingerprint density at radius 1 is 1.42 bits per heavy atom. The number of rotatable bonds is 6. The van der Waals surface area contributed by atoms with Gasteiger partial charge in [-0.15, -0.1) is 0 Å². The molecule has 0 aromatic heterocycles. The average molecular weight is 264 g/mol. The molecule has 5 nitrogen and oxygen atoms in total. The van der Waals surface area contributed by atoms with Crippen molar-refractivity contribution in [3.8, 4) is 0 Å². The van der Waals surface area contributed by atoms with Crippen LogP contribution in [0, 0.1) is 0 Å². The molecule has 19 heavy (non-hydrogen) atoms. The molecule has 0 radical (unpaired) electrons. The lowest BCUT2D eigenvalue weighted by molar-refractivity contribution is 0.130. The largest absolute Gasteiger partial charge is 0.445 e. The molecule has 1 aliphatic carbocycles. The highest BCUT2D eigenvalue weighted by molar-refractivity contribution is 5.67. The summed E-state index contributed by atoms with van der Waals surface area (Å²) in [6, 6.07) is 7.68. The zero-order valence-corrected chi connectivity index (χ0v) is 10.8. The van der Waals surface area contributed by atoms with Crippen LogP contribution in [-0.4, -0.2) is 30.4 Å². The molecule has 4 N–H and O–H groups in total. The Hall–Kier alpha value is -1.59. The fourth-order valence-electron chi connectivity index (χ4n) is 1.84. The van der Waals surface area contributed by atoms with Gasteiger partial charge in [0.15, 0.2) is 0 Å². The minimum atomic E-state index is -0.559. The number of nitrogens with one attached hydrogen (secondary N) is 1. The van der Waals surface area contributed by atoms with E-state index < -0.39 is 12.1 Å². The van der Waals surface area contributed by atoms with Gasteiger partial charge in [0, 0.05) is 6.54 Å². The molecular formula is C14H20N2O3. The molecule has 0 bridgehead atoms. The molecule has 1 aliphatic rings. The molecule has 5 heteroatoms. The summed E-state index contributed by atoms with van der Waals surface area (Å²) in [5.41, 5.74) is 7.67. The third-order valence-corrected chi connectivity index (χ3v) is 3.23. The molecule has 1 aromatic rings.